The summed E-state index contributed by atoms with van der Waals surface area (Å²) in [5, 5.41) is 4.45. The van der Waals surface area contributed by atoms with Gasteiger partial charge in [0.15, 0.2) is 0 Å². The van der Waals surface area contributed by atoms with Crippen LogP contribution in [0.1, 0.15) is 0 Å². The Hall–Kier alpha value is -2.05. The SMILES string of the molecule is Brc1cccc(Nc2c3ncncc3cc3ncsc23)c1. The van der Waals surface area contributed by atoms with E-state index >= 15 is 0 Å². The van der Waals surface area contributed by atoms with Crippen molar-refractivity contribution < 1.29 is 0 Å². The van der Waals surface area contributed by atoms with Crippen molar-refractivity contribution in [3.8, 4) is 0 Å². The maximum absolute atomic E-state index is 4.42. The van der Waals surface area contributed by atoms with Gasteiger partial charge in [0.2, 0.25) is 0 Å². The molecule has 1 N–H and O–H groups in total. The molecule has 4 aromatic rings. The molecule has 102 valence electrons. The van der Waals surface area contributed by atoms with Gasteiger partial charge in [0.05, 0.1) is 26.9 Å². The molecule has 2 heterocycles. The first-order valence-corrected chi connectivity index (χ1v) is 7.97. The van der Waals surface area contributed by atoms with E-state index in [-0.39, 0.29) is 0 Å². The van der Waals surface area contributed by atoms with Crippen molar-refractivity contribution in [3.63, 3.8) is 0 Å². The molecule has 4 rings (SSSR count). The van der Waals surface area contributed by atoms with Gasteiger partial charge in [-0.1, -0.05) is 22.0 Å². The molecule has 6 heteroatoms. The second kappa shape index (κ2) is 5.05. The van der Waals surface area contributed by atoms with Crippen molar-refractivity contribution >= 4 is 59.8 Å². The van der Waals surface area contributed by atoms with Gasteiger partial charge in [0.1, 0.15) is 6.33 Å². The van der Waals surface area contributed by atoms with Gasteiger partial charge >= 0.3 is 0 Å². The van der Waals surface area contributed by atoms with E-state index in [2.05, 4.69) is 36.2 Å². The Labute approximate surface area is 133 Å². The van der Waals surface area contributed by atoms with Gasteiger partial charge in [-0.2, -0.15) is 0 Å². The molecule has 0 aliphatic rings. The monoisotopic (exact) mass is 356 g/mol. The predicted octanol–water partition coefficient (Wildman–Crippen LogP) is 4.75. The fourth-order valence-corrected chi connectivity index (χ4v) is 3.45. The van der Waals surface area contributed by atoms with Gasteiger partial charge in [0, 0.05) is 21.7 Å². The molecule has 0 spiro atoms. The largest absolute Gasteiger partial charge is 0.352 e. The van der Waals surface area contributed by atoms with Crippen molar-refractivity contribution in [2.24, 2.45) is 0 Å². The molecule has 4 nitrogen and oxygen atoms in total. The van der Waals surface area contributed by atoms with Crippen LogP contribution in [0.3, 0.4) is 0 Å². The number of halogens is 1. The Morgan fingerprint density at radius 1 is 1.14 bits per heavy atom. The Morgan fingerprint density at radius 3 is 3.00 bits per heavy atom. The number of hydrogen-bond donors (Lipinski definition) is 1. The number of aromatic nitrogens is 3. The van der Waals surface area contributed by atoms with Crippen LogP contribution in [0, 0.1) is 0 Å². The van der Waals surface area contributed by atoms with Crippen LogP contribution in [-0.4, -0.2) is 15.0 Å². The van der Waals surface area contributed by atoms with Crippen LogP contribution in [0.4, 0.5) is 11.4 Å². The van der Waals surface area contributed by atoms with E-state index in [4.69, 9.17) is 0 Å². The van der Waals surface area contributed by atoms with E-state index in [0.29, 0.717) is 0 Å². The first kappa shape index (κ1) is 12.7. The fourth-order valence-electron chi connectivity index (χ4n) is 2.28. The van der Waals surface area contributed by atoms with Gasteiger partial charge in [-0.05, 0) is 24.3 Å². The summed E-state index contributed by atoms with van der Waals surface area (Å²) in [6.45, 7) is 0. The molecule has 2 aromatic heterocycles. The van der Waals surface area contributed by atoms with Crippen LogP contribution in [-0.2, 0) is 0 Å². The van der Waals surface area contributed by atoms with E-state index in [1.807, 2.05) is 42.0 Å². The van der Waals surface area contributed by atoms with Gasteiger partial charge in [-0.15, -0.1) is 11.3 Å². The molecule has 2 aromatic carbocycles. The molecule has 0 bridgehead atoms. The number of anilines is 2. The van der Waals surface area contributed by atoms with Crippen molar-refractivity contribution in [2.45, 2.75) is 0 Å². The topological polar surface area (TPSA) is 50.7 Å². The third-order valence-electron chi connectivity index (χ3n) is 3.19. The zero-order valence-corrected chi connectivity index (χ0v) is 13.1. The minimum absolute atomic E-state index is 0.904. The molecule has 0 saturated heterocycles. The fraction of sp³-hybridized carbons (Fsp3) is 0. The van der Waals surface area contributed by atoms with Crippen LogP contribution in [0.5, 0.6) is 0 Å². The standard InChI is InChI=1S/C15H9BrN4S/c16-10-2-1-3-11(5-10)20-14-13-9(6-17-7-18-13)4-12-15(14)21-8-19-12/h1-8,20H. The van der Waals surface area contributed by atoms with E-state index in [1.165, 1.54) is 0 Å². The third-order valence-corrected chi connectivity index (χ3v) is 4.54. The Kier molecular flexibility index (Phi) is 3.05. The quantitative estimate of drug-likeness (QED) is 0.563. The number of nitrogens with zero attached hydrogens (tertiary/aromatic N) is 3. The molecule has 0 fully saturated rings. The molecular weight excluding hydrogens is 348 g/mol. The first-order chi connectivity index (χ1) is 10.3. The second-order valence-corrected chi connectivity index (χ2v) is 6.32. The average molecular weight is 357 g/mol. The third kappa shape index (κ3) is 2.26. The summed E-state index contributed by atoms with van der Waals surface area (Å²) < 4.78 is 2.13. The number of benzene rings is 2. The number of hydrogen-bond acceptors (Lipinski definition) is 5. The highest BCUT2D eigenvalue weighted by molar-refractivity contribution is 9.10. The second-order valence-electron chi connectivity index (χ2n) is 4.55. The van der Waals surface area contributed by atoms with Gasteiger partial charge in [-0.25, -0.2) is 15.0 Å². The summed E-state index contributed by atoms with van der Waals surface area (Å²) in [4.78, 5) is 12.9. The minimum Gasteiger partial charge on any atom is -0.352 e. The number of rotatable bonds is 2. The zero-order valence-electron chi connectivity index (χ0n) is 10.7. The minimum atomic E-state index is 0.904. The summed E-state index contributed by atoms with van der Waals surface area (Å²) in [7, 11) is 0. The molecule has 0 aliphatic carbocycles. The number of thiazole rings is 1. The van der Waals surface area contributed by atoms with Crippen LogP contribution in [0.15, 0.2) is 52.8 Å². The van der Waals surface area contributed by atoms with Crippen LogP contribution >= 0.6 is 27.3 Å². The highest BCUT2D eigenvalue weighted by atomic mass is 79.9. The van der Waals surface area contributed by atoms with Crippen molar-refractivity contribution in [1.82, 2.24) is 15.0 Å². The smallest absolute Gasteiger partial charge is 0.116 e. The lowest BCUT2D eigenvalue weighted by molar-refractivity contribution is 1.22. The lowest BCUT2D eigenvalue weighted by Gasteiger charge is -2.10. The van der Waals surface area contributed by atoms with Crippen LogP contribution in [0.25, 0.3) is 21.1 Å². The molecule has 21 heavy (non-hydrogen) atoms. The first-order valence-electron chi connectivity index (χ1n) is 6.30. The molecular formula is C15H9BrN4S. The summed E-state index contributed by atoms with van der Waals surface area (Å²) in [5.74, 6) is 0. The van der Waals surface area contributed by atoms with Crippen molar-refractivity contribution in [1.29, 1.82) is 0 Å². The van der Waals surface area contributed by atoms with Gasteiger partial charge in [-0.3, -0.25) is 0 Å². The maximum Gasteiger partial charge on any atom is 0.116 e. The van der Waals surface area contributed by atoms with Gasteiger partial charge in [0.25, 0.3) is 0 Å². The Balaban J connectivity index is 1.97. The zero-order chi connectivity index (χ0) is 14.2. The molecule has 0 unspecified atom stereocenters. The lowest BCUT2D eigenvalue weighted by Crippen LogP contribution is -1.94. The Morgan fingerprint density at radius 2 is 2.10 bits per heavy atom. The highest BCUT2D eigenvalue weighted by Crippen LogP contribution is 2.35. The number of fused-ring (bicyclic) bond motifs is 2. The van der Waals surface area contributed by atoms with E-state index < -0.39 is 0 Å². The summed E-state index contributed by atoms with van der Waals surface area (Å²) >= 11 is 5.10. The molecule has 0 amide bonds. The predicted molar refractivity (Wildman–Crippen MR) is 90.1 cm³/mol. The van der Waals surface area contributed by atoms with Crippen LogP contribution in [0.2, 0.25) is 0 Å². The van der Waals surface area contributed by atoms with E-state index in [9.17, 15) is 0 Å². The molecule has 0 aliphatic heterocycles. The van der Waals surface area contributed by atoms with E-state index in [0.717, 1.165) is 37.0 Å². The van der Waals surface area contributed by atoms with Crippen LogP contribution < -0.4 is 5.32 Å². The average Bonchev–Trinajstić information content (AvgIpc) is 2.95. The number of nitrogens with one attached hydrogen (secondary N) is 1. The Bertz CT molecular complexity index is 951. The summed E-state index contributed by atoms with van der Waals surface area (Å²) in [6.07, 6.45) is 3.38. The normalized spacial score (nSPS) is 11.1. The molecule has 0 saturated carbocycles. The summed E-state index contributed by atoms with van der Waals surface area (Å²) in [5.41, 5.74) is 5.69. The van der Waals surface area contributed by atoms with Crippen molar-refractivity contribution in [3.05, 3.63) is 52.8 Å². The lowest BCUT2D eigenvalue weighted by atomic mass is 10.2. The maximum atomic E-state index is 4.42. The summed E-state index contributed by atoms with van der Waals surface area (Å²) in [6, 6.07) is 10.1. The van der Waals surface area contributed by atoms with Crippen molar-refractivity contribution in [2.75, 3.05) is 5.32 Å². The highest BCUT2D eigenvalue weighted by Gasteiger charge is 2.11. The van der Waals surface area contributed by atoms with E-state index in [1.54, 1.807) is 17.7 Å². The molecule has 0 atom stereocenters. The molecule has 0 radical (unpaired) electrons. The van der Waals surface area contributed by atoms with Gasteiger partial charge < -0.3 is 5.32 Å².